The first-order chi connectivity index (χ1) is 12.2. The predicted molar refractivity (Wildman–Crippen MR) is 111 cm³/mol. The first kappa shape index (κ1) is 20.3. The van der Waals surface area contributed by atoms with E-state index >= 15 is 0 Å². The number of nitrogens with one attached hydrogen (secondary N) is 2. The molecule has 3 rings (SSSR count). The van der Waals surface area contributed by atoms with Gasteiger partial charge in [-0.05, 0) is 49.1 Å². The summed E-state index contributed by atoms with van der Waals surface area (Å²) >= 11 is 0. The van der Waals surface area contributed by atoms with Crippen LogP contribution in [0.3, 0.4) is 0 Å². The molecule has 0 atom stereocenters. The lowest BCUT2D eigenvalue weighted by molar-refractivity contribution is -0.117. The molecular weight excluding hydrogens is 346 g/mol. The van der Waals surface area contributed by atoms with Gasteiger partial charge in [0.05, 0.1) is 6.54 Å². The number of para-hydroxylation sites is 2. The highest BCUT2D eigenvalue weighted by molar-refractivity contribution is 5.92. The van der Waals surface area contributed by atoms with Gasteiger partial charge in [0.2, 0.25) is 5.91 Å². The van der Waals surface area contributed by atoms with E-state index in [0.717, 1.165) is 43.7 Å². The van der Waals surface area contributed by atoms with Gasteiger partial charge in [-0.3, -0.25) is 9.69 Å². The van der Waals surface area contributed by atoms with Crippen LogP contribution in [0.15, 0.2) is 42.5 Å². The summed E-state index contributed by atoms with van der Waals surface area (Å²) in [5, 5.41) is 6.53. The lowest BCUT2D eigenvalue weighted by Crippen LogP contribution is -2.33. The van der Waals surface area contributed by atoms with Crippen LogP contribution in [0.25, 0.3) is 0 Å². The molecule has 0 radical (unpaired) electrons. The van der Waals surface area contributed by atoms with Crippen LogP contribution in [0.1, 0.15) is 30.0 Å². The second kappa shape index (κ2) is 9.60. The summed E-state index contributed by atoms with van der Waals surface area (Å²) < 4.78 is 0. The van der Waals surface area contributed by atoms with E-state index in [-0.39, 0.29) is 18.3 Å². The van der Waals surface area contributed by atoms with Crippen molar-refractivity contribution in [2.75, 3.05) is 30.3 Å². The van der Waals surface area contributed by atoms with Gasteiger partial charge in [-0.15, -0.1) is 12.4 Å². The Bertz CT molecular complexity index is 748. The molecule has 1 aliphatic heterocycles. The number of amides is 1. The number of hydrogen-bond acceptors (Lipinski definition) is 3. The van der Waals surface area contributed by atoms with Crippen LogP contribution in [0.2, 0.25) is 0 Å². The lowest BCUT2D eigenvalue weighted by Gasteiger charge is -2.23. The molecule has 0 spiro atoms. The molecule has 0 unspecified atom stereocenters. The van der Waals surface area contributed by atoms with Crippen molar-refractivity contribution in [1.82, 2.24) is 4.90 Å². The summed E-state index contributed by atoms with van der Waals surface area (Å²) in [6.07, 6.45) is 2.12. The number of halogens is 1. The van der Waals surface area contributed by atoms with E-state index in [9.17, 15) is 4.79 Å². The molecule has 2 aromatic carbocycles. The van der Waals surface area contributed by atoms with Gasteiger partial charge in [0, 0.05) is 24.5 Å². The van der Waals surface area contributed by atoms with Gasteiger partial charge in [0.1, 0.15) is 0 Å². The molecule has 4 nitrogen and oxygen atoms in total. The van der Waals surface area contributed by atoms with E-state index in [4.69, 9.17) is 0 Å². The fourth-order valence-corrected chi connectivity index (χ4v) is 3.42. The monoisotopic (exact) mass is 373 g/mol. The van der Waals surface area contributed by atoms with E-state index in [2.05, 4.69) is 40.7 Å². The predicted octanol–water partition coefficient (Wildman–Crippen LogP) is 4.24. The minimum Gasteiger partial charge on any atom is -0.384 e. The number of aryl methyl sites for hydroxylation is 1. The molecule has 0 aromatic heterocycles. The average molecular weight is 374 g/mol. The Kier molecular flexibility index (Phi) is 7.49. The highest BCUT2D eigenvalue weighted by atomic mass is 35.5. The Morgan fingerprint density at radius 1 is 1.19 bits per heavy atom. The van der Waals surface area contributed by atoms with Crippen molar-refractivity contribution in [2.45, 2.75) is 33.2 Å². The summed E-state index contributed by atoms with van der Waals surface area (Å²) in [5.41, 5.74) is 5.92. The van der Waals surface area contributed by atoms with Crippen molar-refractivity contribution in [3.05, 3.63) is 59.2 Å². The zero-order chi connectivity index (χ0) is 17.6. The minimum atomic E-state index is 0. The SMILES string of the molecule is CCCN(CC(=O)Nc1ccccc1C)Cc1cccc2c1NCC2.Cl. The van der Waals surface area contributed by atoms with E-state index in [1.54, 1.807) is 0 Å². The van der Waals surface area contributed by atoms with Crippen molar-refractivity contribution < 1.29 is 4.79 Å². The number of anilines is 2. The van der Waals surface area contributed by atoms with Gasteiger partial charge in [-0.1, -0.05) is 43.3 Å². The Labute approximate surface area is 162 Å². The number of fused-ring (bicyclic) bond motifs is 1. The topological polar surface area (TPSA) is 44.4 Å². The van der Waals surface area contributed by atoms with Crippen molar-refractivity contribution in [2.24, 2.45) is 0 Å². The highest BCUT2D eigenvalue weighted by Gasteiger charge is 2.17. The van der Waals surface area contributed by atoms with Crippen LogP contribution in [-0.4, -0.2) is 30.4 Å². The van der Waals surface area contributed by atoms with E-state index in [1.807, 2.05) is 31.2 Å². The van der Waals surface area contributed by atoms with Crippen molar-refractivity contribution >= 4 is 29.7 Å². The van der Waals surface area contributed by atoms with Crippen molar-refractivity contribution in [1.29, 1.82) is 0 Å². The van der Waals surface area contributed by atoms with Crippen LogP contribution in [0.4, 0.5) is 11.4 Å². The van der Waals surface area contributed by atoms with Gasteiger partial charge in [0.25, 0.3) is 0 Å². The molecule has 26 heavy (non-hydrogen) atoms. The normalized spacial score (nSPS) is 12.3. The number of carbonyl (C=O) groups is 1. The van der Waals surface area contributed by atoms with Gasteiger partial charge >= 0.3 is 0 Å². The van der Waals surface area contributed by atoms with Crippen molar-refractivity contribution in [3.63, 3.8) is 0 Å². The van der Waals surface area contributed by atoms with Crippen LogP contribution >= 0.6 is 12.4 Å². The second-order valence-electron chi connectivity index (χ2n) is 6.70. The maximum Gasteiger partial charge on any atom is 0.238 e. The summed E-state index contributed by atoms with van der Waals surface area (Å²) in [6, 6.07) is 14.4. The Hall–Kier alpha value is -2.04. The first-order valence-electron chi connectivity index (χ1n) is 9.10. The van der Waals surface area contributed by atoms with Crippen LogP contribution in [0, 0.1) is 6.92 Å². The quantitative estimate of drug-likeness (QED) is 0.763. The molecule has 5 heteroatoms. The summed E-state index contributed by atoms with van der Waals surface area (Å²) in [7, 11) is 0. The molecule has 0 aliphatic carbocycles. The molecule has 140 valence electrons. The van der Waals surface area contributed by atoms with Gasteiger partial charge in [-0.25, -0.2) is 0 Å². The summed E-state index contributed by atoms with van der Waals surface area (Å²) in [5.74, 6) is 0.0447. The zero-order valence-electron chi connectivity index (χ0n) is 15.5. The largest absolute Gasteiger partial charge is 0.384 e. The molecule has 1 aliphatic rings. The van der Waals surface area contributed by atoms with Crippen LogP contribution < -0.4 is 10.6 Å². The van der Waals surface area contributed by atoms with Gasteiger partial charge in [0.15, 0.2) is 0 Å². The average Bonchev–Trinajstić information content (AvgIpc) is 3.07. The fourth-order valence-electron chi connectivity index (χ4n) is 3.42. The third kappa shape index (κ3) is 4.99. The summed E-state index contributed by atoms with van der Waals surface area (Å²) in [6.45, 7) is 7.29. The number of nitrogens with zero attached hydrogens (tertiary/aromatic N) is 1. The van der Waals surface area contributed by atoms with Gasteiger partial charge in [-0.2, -0.15) is 0 Å². The molecular formula is C21H28ClN3O. The number of rotatable bonds is 7. The van der Waals surface area contributed by atoms with Gasteiger partial charge < -0.3 is 10.6 Å². The maximum absolute atomic E-state index is 12.5. The van der Waals surface area contributed by atoms with Crippen LogP contribution in [-0.2, 0) is 17.8 Å². The van der Waals surface area contributed by atoms with E-state index in [0.29, 0.717) is 6.54 Å². The summed E-state index contributed by atoms with van der Waals surface area (Å²) in [4.78, 5) is 14.7. The Balaban J connectivity index is 0.00000243. The van der Waals surface area contributed by atoms with E-state index in [1.165, 1.54) is 16.8 Å². The lowest BCUT2D eigenvalue weighted by atomic mass is 10.1. The molecule has 1 heterocycles. The Morgan fingerprint density at radius 3 is 2.77 bits per heavy atom. The smallest absolute Gasteiger partial charge is 0.238 e. The Morgan fingerprint density at radius 2 is 2.00 bits per heavy atom. The number of carbonyl (C=O) groups excluding carboxylic acids is 1. The highest BCUT2D eigenvalue weighted by Crippen LogP contribution is 2.27. The molecule has 2 N–H and O–H groups in total. The first-order valence-corrected chi connectivity index (χ1v) is 9.10. The third-order valence-electron chi connectivity index (χ3n) is 4.65. The molecule has 1 amide bonds. The zero-order valence-corrected chi connectivity index (χ0v) is 16.4. The van der Waals surface area contributed by atoms with Crippen molar-refractivity contribution in [3.8, 4) is 0 Å². The molecule has 0 saturated heterocycles. The third-order valence-corrected chi connectivity index (χ3v) is 4.65. The fraction of sp³-hybridized carbons (Fsp3) is 0.381. The van der Waals surface area contributed by atoms with E-state index < -0.39 is 0 Å². The molecule has 0 bridgehead atoms. The molecule has 2 aromatic rings. The number of benzene rings is 2. The molecule has 0 saturated carbocycles. The van der Waals surface area contributed by atoms with Crippen LogP contribution in [0.5, 0.6) is 0 Å². The molecule has 0 fully saturated rings. The minimum absolute atomic E-state index is 0. The standard InChI is InChI=1S/C21H27N3O.ClH/c1-3-13-24(14-18-9-6-8-17-11-12-22-21(17)18)15-20(25)23-19-10-5-4-7-16(19)2;/h4-10,22H,3,11-15H2,1-2H3,(H,23,25);1H. The second-order valence-corrected chi connectivity index (χ2v) is 6.70. The maximum atomic E-state index is 12.5. The number of hydrogen-bond donors (Lipinski definition) is 2.